The molecule has 4 nitrogen and oxygen atoms in total. The summed E-state index contributed by atoms with van der Waals surface area (Å²) >= 11 is 0. The molecule has 1 atom stereocenters. The predicted octanol–water partition coefficient (Wildman–Crippen LogP) is 1.71. The summed E-state index contributed by atoms with van der Waals surface area (Å²) in [5, 5.41) is 7.71. The molecule has 1 aromatic carbocycles. The van der Waals surface area contributed by atoms with Crippen LogP contribution in [0, 0.1) is 0 Å². The lowest BCUT2D eigenvalue weighted by Gasteiger charge is -2.13. The summed E-state index contributed by atoms with van der Waals surface area (Å²) in [6, 6.07) is 10.8. The Labute approximate surface area is 102 Å². The van der Waals surface area contributed by atoms with Crippen LogP contribution < -0.4 is 5.32 Å². The van der Waals surface area contributed by atoms with Crippen molar-refractivity contribution < 1.29 is 0 Å². The number of hydrogen-bond acceptors (Lipinski definition) is 3. The summed E-state index contributed by atoms with van der Waals surface area (Å²) < 4.78 is 1.73. The number of aryl methyl sites for hydroxylation is 1. The average molecular weight is 230 g/mol. The van der Waals surface area contributed by atoms with E-state index in [0.29, 0.717) is 6.04 Å². The monoisotopic (exact) mass is 230 g/mol. The topological polar surface area (TPSA) is 42.7 Å². The Balaban J connectivity index is 1.79. The molecule has 2 rings (SSSR count). The lowest BCUT2D eigenvalue weighted by Crippen LogP contribution is -2.21. The van der Waals surface area contributed by atoms with E-state index in [9.17, 15) is 0 Å². The number of hydrogen-bond donors (Lipinski definition) is 1. The first-order valence-corrected chi connectivity index (χ1v) is 5.88. The molecular weight excluding hydrogens is 212 g/mol. The second-order valence-electron chi connectivity index (χ2n) is 4.17. The number of benzene rings is 1. The van der Waals surface area contributed by atoms with Gasteiger partial charge in [0.2, 0.25) is 0 Å². The third-order valence-electron chi connectivity index (χ3n) is 2.75. The molecule has 0 fully saturated rings. The van der Waals surface area contributed by atoms with E-state index < -0.39 is 0 Å². The lowest BCUT2D eigenvalue weighted by molar-refractivity contribution is 0.568. The second-order valence-corrected chi connectivity index (χ2v) is 4.17. The van der Waals surface area contributed by atoms with Gasteiger partial charge in [-0.05, 0) is 12.5 Å². The minimum Gasteiger partial charge on any atom is -0.310 e. The lowest BCUT2D eigenvalue weighted by atomic mass is 10.1. The van der Waals surface area contributed by atoms with Crippen molar-refractivity contribution in [2.45, 2.75) is 19.4 Å². The van der Waals surface area contributed by atoms with Crippen molar-refractivity contribution in [2.75, 3.05) is 6.54 Å². The standard InChI is InChI=1S/C13H18N4/c1-11(12-6-4-3-5-7-12)14-9-8-13-15-10-17(2)16-13/h3-7,10-11,14H,8-9H2,1-2H3. The summed E-state index contributed by atoms with van der Waals surface area (Å²) in [5.41, 5.74) is 1.31. The van der Waals surface area contributed by atoms with Crippen LogP contribution in [-0.4, -0.2) is 21.3 Å². The molecule has 1 unspecified atom stereocenters. The first kappa shape index (κ1) is 11.8. The molecular formula is C13H18N4. The fraction of sp³-hybridized carbons (Fsp3) is 0.385. The zero-order chi connectivity index (χ0) is 12.1. The molecule has 0 spiro atoms. The van der Waals surface area contributed by atoms with Crippen molar-refractivity contribution >= 4 is 0 Å². The van der Waals surface area contributed by atoms with Gasteiger partial charge >= 0.3 is 0 Å². The van der Waals surface area contributed by atoms with E-state index in [1.165, 1.54) is 5.56 Å². The van der Waals surface area contributed by atoms with Crippen LogP contribution >= 0.6 is 0 Å². The van der Waals surface area contributed by atoms with E-state index in [0.717, 1.165) is 18.8 Å². The Morgan fingerprint density at radius 2 is 2.06 bits per heavy atom. The van der Waals surface area contributed by atoms with Crippen LogP contribution in [0.4, 0.5) is 0 Å². The van der Waals surface area contributed by atoms with Crippen molar-refractivity contribution in [3.63, 3.8) is 0 Å². The van der Waals surface area contributed by atoms with Crippen molar-refractivity contribution in [3.8, 4) is 0 Å². The fourth-order valence-electron chi connectivity index (χ4n) is 1.76. The Morgan fingerprint density at radius 3 is 2.71 bits per heavy atom. The third-order valence-corrected chi connectivity index (χ3v) is 2.75. The van der Waals surface area contributed by atoms with Gasteiger partial charge in [-0.25, -0.2) is 4.98 Å². The second kappa shape index (κ2) is 5.59. The summed E-state index contributed by atoms with van der Waals surface area (Å²) in [6.45, 7) is 3.06. The molecule has 1 aromatic heterocycles. The molecule has 0 radical (unpaired) electrons. The normalized spacial score (nSPS) is 12.6. The Hall–Kier alpha value is -1.68. The molecule has 2 aromatic rings. The van der Waals surface area contributed by atoms with Gasteiger partial charge in [0, 0.05) is 26.1 Å². The van der Waals surface area contributed by atoms with Crippen molar-refractivity contribution in [1.82, 2.24) is 20.1 Å². The van der Waals surface area contributed by atoms with Gasteiger partial charge in [-0.15, -0.1) is 0 Å². The molecule has 17 heavy (non-hydrogen) atoms. The zero-order valence-corrected chi connectivity index (χ0v) is 10.3. The summed E-state index contributed by atoms with van der Waals surface area (Å²) in [5.74, 6) is 0.889. The van der Waals surface area contributed by atoms with Crippen LogP contribution in [0.2, 0.25) is 0 Å². The molecule has 0 amide bonds. The SMILES string of the molecule is CC(NCCc1ncn(C)n1)c1ccccc1. The van der Waals surface area contributed by atoms with Gasteiger partial charge in [-0.2, -0.15) is 5.10 Å². The van der Waals surface area contributed by atoms with Gasteiger partial charge in [-0.1, -0.05) is 30.3 Å². The van der Waals surface area contributed by atoms with Crippen LogP contribution in [0.5, 0.6) is 0 Å². The third kappa shape index (κ3) is 3.39. The van der Waals surface area contributed by atoms with Gasteiger partial charge in [-0.3, -0.25) is 4.68 Å². The molecule has 0 aliphatic rings. The van der Waals surface area contributed by atoms with E-state index in [2.05, 4.69) is 46.6 Å². The van der Waals surface area contributed by atoms with Crippen molar-refractivity contribution in [2.24, 2.45) is 7.05 Å². The first-order chi connectivity index (χ1) is 8.25. The maximum Gasteiger partial charge on any atom is 0.151 e. The minimum absolute atomic E-state index is 0.361. The van der Waals surface area contributed by atoms with Crippen LogP contribution in [0.15, 0.2) is 36.7 Å². The molecule has 0 aliphatic heterocycles. The Morgan fingerprint density at radius 1 is 1.29 bits per heavy atom. The maximum absolute atomic E-state index is 4.25. The summed E-state index contributed by atoms with van der Waals surface area (Å²) in [4.78, 5) is 4.20. The fourth-order valence-corrected chi connectivity index (χ4v) is 1.76. The van der Waals surface area contributed by atoms with Gasteiger partial charge in [0.05, 0.1) is 0 Å². The van der Waals surface area contributed by atoms with E-state index >= 15 is 0 Å². The van der Waals surface area contributed by atoms with Gasteiger partial charge < -0.3 is 5.32 Å². The molecule has 90 valence electrons. The average Bonchev–Trinajstić information content (AvgIpc) is 2.76. The molecule has 0 aliphatic carbocycles. The van der Waals surface area contributed by atoms with Crippen LogP contribution in [-0.2, 0) is 13.5 Å². The van der Waals surface area contributed by atoms with Crippen LogP contribution in [0.3, 0.4) is 0 Å². The highest BCUT2D eigenvalue weighted by Gasteiger charge is 2.04. The highest BCUT2D eigenvalue weighted by Crippen LogP contribution is 2.10. The van der Waals surface area contributed by atoms with E-state index in [1.54, 1.807) is 11.0 Å². The minimum atomic E-state index is 0.361. The smallest absolute Gasteiger partial charge is 0.151 e. The Kier molecular flexibility index (Phi) is 3.88. The van der Waals surface area contributed by atoms with E-state index in [4.69, 9.17) is 0 Å². The highest BCUT2D eigenvalue weighted by molar-refractivity contribution is 5.17. The number of rotatable bonds is 5. The van der Waals surface area contributed by atoms with Crippen LogP contribution in [0.25, 0.3) is 0 Å². The molecule has 4 heteroatoms. The summed E-state index contributed by atoms with van der Waals surface area (Å²) in [7, 11) is 1.89. The molecule has 1 N–H and O–H groups in total. The number of aromatic nitrogens is 3. The molecule has 1 heterocycles. The molecule has 0 bridgehead atoms. The maximum atomic E-state index is 4.25. The predicted molar refractivity (Wildman–Crippen MR) is 67.6 cm³/mol. The summed E-state index contributed by atoms with van der Waals surface area (Å²) in [6.07, 6.45) is 2.59. The van der Waals surface area contributed by atoms with Crippen molar-refractivity contribution in [1.29, 1.82) is 0 Å². The Bertz CT molecular complexity index is 449. The van der Waals surface area contributed by atoms with Gasteiger partial charge in [0.1, 0.15) is 6.33 Å². The zero-order valence-electron chi connectivity index (χ0n) is 10.3. The number of nitrogens with one attached hydrogen (secondary N) is 1. The van der Waals surface area contributed by atoms with E-state index in [1.807, 2.05) is 13.1 Å². The van der Waals surface area contributed by atoms with Gasteiger partial charge in [0.25, 0.3) is 0 Å². The van der Waals surface area contributed by atoms with Crippen LogP contribution in [0.1, 0.15) is 24.4 Å². The molecule has 0 saturated heterocycles. The molecule has 0 saturated carbocycles. The van der Waals surface area contributed by atoms with Gasteiger partial charge in [0.15, 0.2) is 5.82 Å². The first-order valence-electron chi connectivity index (χ1n) is 5.88. The number of nitrogens with zero attached hydrogens (tertiary/aromatic N) is 3. The largest absolute Gasteiger partial charge is 0.310 e. The quantitative estimate of drug-likeness (QED) is 0.850. The highest BCUT2D eigenvalue weighted by atomic mass is 15.3. The van der Waals surface area contributed by atoms with E-state index in [-0.39, 0.29) is 0 Å². The van der Waals surface area contributed by atoms with Crippen molar-refractivity contribution in [3.05, 3.63) is 48.0 Å².